The van der Waals surface area contributed by atoms with Gasteiger partial charge < -0.3 is 28.6 Å². The third kappa shape index (κ3) is 3.94. The summed E-state index contributed by atoms with van der Waals surface area (Å²) < 4.78 is 28.7. The largest absolute Gasteiger partial charge is 0.493 e. The molecule has 0 unspecified atom stereocenters. The van der Waals surface area contributed by atoms with Crippen LogP contribution in [-0.2, 0) is 26.2 Å². The highest BCUT2D eigenvalue weighted by Crippen LogP contribution is 2.45. The van der Waals surface area contributed by atoms with Gasteiger partial charge in [0.15, 0.2) is 11.5 Å². The van der Waals surface area contributed by atoms with Gasteiger partial charge in [0.05, 0.1) is 52.9 Å². The maximum atomic E-state index is 6.39. The number of hydrogen-bond donors (Lipinski definition) is 0. The van der Waals surface area contributed by atoms with Gasteiger partial charge in [-0.15, -0.1) is 0 Å². The van der Waals surface area contributed by atoms with Crippen molar-refractivity contribution in [2.24, 2.45) is 5.92 Å². The molecule has 0 radical (unpaired) electrons. The van der Waals surface area contributed by atoms with Crippen LogP contribution < -0.4 is 9.47 Å². The van der Waals surface area contributed by atoms with E-state index in [-0.39, 0.29) is 5.60 Å². The number of ether oxygens (including phenoxy) is 5. The van der Waals surface area contributed by atoms with Crippen molar-refractivity contribution in [1.29, 1.82) is 0 Å². The van der Waals surface area contributed by atoms with Crippen LogP contribution in [-0.4, -0.2) is 71.8 Å². The first-order chi connectivity index (χ1) is 13.2. The second kappa shape index (κ2) is 8.35. The molecule has 150 valence electrons. The van der Waals surface area contributed by atoms with Crippen LogP contribution >= 0.6 is 0 Å². The van der Waals surface area contributed by atoms with E-state index in [1.165, 1.54) is 11.1 Å². The molecule has 6 nitrogen and oxygen atoms in total. The second-order valence-electron chi connectivity index (χ2n) is 7.77. The van der Waals surface area contributed by atoms with Gasteiger partial charge in [-0.25, -0.2) is 0 Å². The number of fused-ring (bicyclic) bond motifs is 2. The molecule has 0 atom stereocenters. The zero-order valence-corrected chi connectivity index (χ0v) is 16.5. The summed E-state index contributed by atoms with van der Waals surface area (Å²) in [4.78, 5) is 2.53. The fourth-order valence-corrected chi connectivity index (χ4v) is 4.63. The number of methoxy groups -OCH3 is 2. The van der Waals surface area contributed by atoms with Crippen molar-refractivity contribution in [3.8, 4) is 11.5 Å². The summed E-state index contributed by atoms with van der Waals surface area (Å²) in [5.74, 6) is 2.06. The van der Waals surface area contributed by atoms with Gasteiger partial charge in [-0.2, -0.15) is 0 Å². The van der Waals surface area contributed by atoms with Crippen molar-refractivity contribution < 1.29 is 23.7 Å². The number of benzene rings is 1. The first-order valence-corrected chi connectivity index (χ1v) is 10.0. The summed E-state index contributed by atoms with van der Waals surface area (Å²) in [6.07, 6.45) is 2.94. The van der Waals surface area contributed by atoms with Gasteiger partial charge in [0.25, 0.3) is 0 Å². The Labute approximate surface area is 161 Å². The second-order valence-corrected chi connectivity index (χ2v) is 7.77. The molecule has 0 bridgehead atoms. The first-order valence-electron chi connectivity index (χ1n) is 10.0. The lowest BCUT2D eigenvalue weighted by atomic mass is 9.79. The van der Waals surface area contributed by atoms with E-state index in [2.05, 4.69) is 17.0 Å². The zero-order chi connectivity index (χ0) is 18.7. The molecule has 1 aromatic carbocycles. The van der Waals surface area contributed by atoms with Crippen LogP contribution in [0.4, 0.5) is 0 Å². The highest BCUT2D eigenvalue weighted by molar-refractivity contribution is 5.50. The standard InChI is InChI=1S/C21H31NO5/c1-23-19-11-17-3-8-27-21(18(17)12-20(19)24-2)4-6-22(7-5-21)13-16-14-25-9-10-26-15-16/h11-12,16H,3-10,13-15H2,1-2H3. The Hall–Kier alpha value is -1.34. The Morgan fingerprint density at radius 1 is 1.00 bits per heavy atom. The minimum absolute atomic E-state index is 0.194. The summed E-state index contributed by atoms with van der Waals surface area (Å²) in [7, 11) is 3.39. The van der Waals surface area contributed by atoms with Crippen LogP contribution in [0.3, 0.4) is 0 Å². The predicted molar refractivity (Wildman–Crippen MR) is 102 cm³/mol. The van der Waals surface area contributed by atoms with Crippen molar-refractivity contribution in [2.45, 2.75) is 24.9 Å². The molecule has 2 fully saturated rings. The van der Waals surface area contributed by atoms with E-state index < -0.39 is 0 Å². The summed E-state index contributed by atoms with van der Waals surface area (Å²) in [5.41, 5.74) is 2.42. The van der Waals surface area contributed by atoms with Crippen molar-refractivity contribution in [3.05, 3.63) is 23.3 Å². The molecule has 0 aromatic heterocycles. The van der Waals surface area contributed by atoms with Gasteiger partial charge in [0.2, 0.25) is 0 Å². The number of nitrogens with zero attached hydrogens (tertiary/aromatic N) is 1. The zero-order valence-electron chi connectivity index (χ0n) is 16.5. The van der Waals surface area contributed by atoms with Gasteiger partial charge in [0.1, 0.15) is 0 Å². The molecule has 27 heavy (non-hydrogen) atoms. The Morgan fingerprint density at radius 2 is 1.67 bits per heavy atom. The Morgan fingerprint density at radius 3 is 2.33 bits per heavy atom. The quantitative estimate of drug-likeness (QED) is 0.802. The maximum absolute atomic E-state index is 6.39. The van der Waals surface area contributed by atoms with E-state index in [1.807, 2.05) is 0 Å². The van der Waals surface area contributed by atoms with Gasteiger partial charge in [-0.05, 0) is 42.5 Å². The Balaban J connectivity index is 1.47. The maximum Gasteiger partial charge on any atom is 0.161 e. The lowest BCUT2D eigenvalue weighted by Crippen LogP contribution is -2.48. The van der Waals surface area contributed by atoms with Gasteiger partial charge in [0, 0.05) is 25.6 Å². The lowest BCUT2D eigenvalue weighted by molar-refractivity contribution is -0.100. The van der Waals surface area contributed by atoms with Gasteiger partial charge >= 0.3 is 0 Å². The molecule has 3 aliphatic heterocycles. The van der Waals surface area contributed by atoms with E-state index in [0.717, 1.165) is 83.4 Å². The number of piperidine rings is 1. The number of likely N-dealkylation sites (tertiary alicyclic amines) is 1. The third-order valence-electron chi connectivity index (χ3n) is 6.11. The normalized spacial score (nSPS) is 23.6. The number of rotatable bonds is 4. The summed E-state index contributed by atoms with van der Waals surface area (Å²) in [6.45, 7) is 6.91. The molecule has 6 heteroatoms. The number of hydrogen-bond acceptors (Lipinski definition) is 6. The van der Waals surface area contributed by atoms with Gasteiger partial charge in [-0.1, -0.05) is 0 Å². The summed E-state index contributed by atoms with van der Waals surface area (Å²) >= 11 is 0. The molecule has 0 amide bonds. The Kier molecular flexibility index (Phi) is 5.88. The molecule has 0 aliphatic carbocycles. The molecular formula is C21H31NO5. The molecule has 3 heterocycles. The summed E-state index contributed by atoms with van der Waals surface area (Å²) in [5, 5.41) is 0. The molecule has 0 saturated carbocycles. The molecule has 0 N–H and O–H groups in total. The first kappa shape index (κ1) is 19.0. The summed E-state index contributed by atoms with van der Waals surface area (Å²) in [6, 6.07) is 4.26. The van der Waals surface area contributed by atoms with Crippen molar-refractivity contribution in [3.63, 3.8) is 0 Å². The average Bonchev–Trinajstić information content (AvgIpc) is 2.98. The van der Waals surface area contributed by atoms with Crippen molar-refractivity contribution in [2.75, 3.05) is 66.9 Å². The van der Waals surface area contributed by atoms with Crippen LogP contribution in [0, 0.1) is 5.92 Å². The van der Waals surface area contributed by atoms with Crippen molar-refractivity contribution >= 4 is 0 Å². The molecule has 4 rings (SSSR count). The van der Waals surface area contributed by atoms with E-state index in [4.69, 9.17) is 23.7 Å². The van der Waals surface area contributed by atoms with Crippen LogP contribution in [0.2, 0.25) is 0 Å². The molecule has 1 spiro atoms. The fourth-order valence-electron chi connectivity index (χ4n) is 4.63. The topological polar surface area (TPSA) is 49.4 Å². The molecule has 1 aromatic rings. The van der Waals surface area contributed by atoms with Crippen LogP contribution in [0.15, 0.2) is 12.1 Å². The van der Waals surface area contributed by atoms with E-state index >= 15 is 0 Å². The Bertz CT molecular complexity index is 634. The smallest absolute Gasteiger partial charge is 0.161 e. The van der Waals surface area contributed by atoms with E-state index in [1.54, 1.807) is 14.2 Å². The average molecular weight is 377 g/mol. The van der Waals surface area contributed by atoms with E-state index in [9.17, 15) is 0 Å². The van der Waals surface area contributed by atoms with Crippen LogP contribution in [0.1, 0.15) is 24.0 Å². The predicted octanol–water partition coefficient (Wildman–Crippen LogP) is 2.23. The lowest BCUT2D eigenvalue weighted by Gasteiger charge is -2.45. The highest BCUT2D eigenvalue weighted by atomic mass is 16.5. The van der Waals surface area contributed by atoms with Crippen LogP contribution in [0.25, 0.3) is 0 Å². The minimum Gasteiger partial charge on any atom is -0.493 e. The monoisotopic (exact) mass is 377 g/mol. The van der Waals surface area contributed by atoms with Gasteiger partial charge in [-0.3, -0.25) is 0 Å². The van der Waals surface area contributed by atoms with Crippen LogP contribution in [0.5, 0.6) is 11.5 Å². The molecular weight excluding hydrogens is 346 g/mol. The minimum atomic E-state index is -0.194. The molecule has 3 aliphatic rings. The van der Waals surface area contributed by atoms with E-state index in [0.29, 0.717) is 5.92 Å². The third-order valence-corrected chi connectivity index (χ3v) is 6.11. The van der Waals surface area contributed by atoms with Crippen molar-refractivity contribution in [1.82, 2.24) is 4.90 Å². The molecule has 2 saturated heterocycles. The highest BCUT2D eigenvalue weighted by Gasteiger charge is 2.41. The SMILES string of the molecule is COc1cc2c(cc1OC)C1(CCN(CC3COCCOC3)CC1)OCC2. The fraction of sp³-hybridized carbons (Fsp3) is 0.714.